The zero-order valence-electron chi connectivity index (χ0n) is 14.5. The molecule has 1 amide bonds. The van der Waals surface area contributed by atoms with Crippen molar-refractivity contribution in [2.45, 2.75) is 25.8 Å². The van der Waals surface area contributed by atoms with Crippen LogP contribution >= 0.6 is 0 Å². The van der Waals surface area contributed by atoms with Crippen molar-refractivity contribution in [3.8, 4) is 0 Å². The van der Waals surface area contributed by atoms with Crippen LogP contribution < -0.4 is 11.1 Å². The van der Waals surface area contributed by atoms with Gasteiger partial charge in [-0.1, -0.05) is 0 Å². The third kappa shape index (κ3) is 4.05. The molecule has 0 spiro atoms. The first-order valence-electron chi connectivity index (χ1n) is 7.87. The molecular formula is C17H16F2N6O2. The Morgan fingerprint density at radius 2 is 2.07 bits per heavy atom. The topological polar surface area (TPSA) is 115 Å². The zero-order chi connectivity index (χ0) is 19.6. The van der Waals surface area contributed by atoms with E-state index in [-0.39, 0.29) is 11.7 Å². The van der Waals surface area contributed by atoms with Gasteiger partial charge in [-0.2, -0.15) is 0 Å². The summed E-state index contributed by atoms with van der Waals surface area (Å²) in [5, 5.41) is 2.63. The van der Waals surface area contributed by atoms with Crippen molar-refractivity contribution >= 4 is 17.6 Å². The summed E-state index contributed by atoms with van der Waals surface area (Å²) < 4.78 is 30.2. The highest BCUT2D eigenvalue weighted by Crippen LogP contribution is 2.31. The molecule has 2 aromatic heterocycles. The number of nitrogens with one attached hydrogen (secondary N) is 1. The molecular weight excluding hydrogens is 358 g/mol. The number of pyridine rings is 1. The number of amides is 1. The van der Waals surface area contributed by atoms with E-state index >= 15 is 0 Å². The highest BCUT2D eigenvalue weighted by atomic mass is 19.3. The van der Waals surface area contributed by atoms with E-state index in [0.717, 1.165) is 12.4 Å². The van der Waals surface area contributed by atoms with Crippen LogP contribution in [0, 0.1) is 0 Å². The third-order valence-electron chi connectivity index (χ3n) is 3.76. The van der Waals surface area contributed by atoms with Crippen molar-refractivity contribution in [3.05, 3.63) is 59.6 Å². The second-order valence-electron chi connectivity index (χ2n) is 5.97. The normalized spacial score (nSPS) is 19.1. The number of ether oxygens (including phenoxy) is 1. The summed E-state index contributed by atoms with van der Waals surface area (Å²) in [6.07, 6.45) is 2.38. The smallest absolute Gasteiger partial charge is 0.288 e. The number of nitrogens with two attached hydrogens (primary N) is 1. The number of nitrogens with zero attached hydrogens (tertiary/aromatic N) is 4. The molecule has 1 aliphatic rings. The van der Waals surface area contributed by atoms with Crippen molar-refractivity contribution in [3.63, 3.8) is 0 Å². The first-order valence-corrected chi connectivity index (χ1v) is 7.87. The van der Waals surface area contributed by atoms with Gasteiger partial charge in [0.1, 0.15) is 22.7 Å². The number of halogens is 2. The number of carbonyl (C=O) groups is 1. The van der Waals surface area contributed by atoms with E-state index in [1.54, 1.807) is 32.1 Å². The van der Waals surface area contributed by atoms with Gasteiger partial charge in [0.25, 0.3) is 18.4 Å². The molecule has 0 aromatic carbocycles. The van der Waals surface area contributed by atoms with Crippen LogP contribution in [0.5, 0.6) is 0 Å². The van der Waals surface area contributed by atoms with Crippen molar-refractivity contribution < 1.29 is 18.3 Å². The Labute approximate surface area is 153 Å². The minimum atomic E-state index is -2.75. The van der Waals surface area contributed by atoms with Gasteiger partial charge >= 0.3 is 0 Å². The second-order valence-corrected chi connectivity index (χ2v) is 5.97. The predicted octanol–water partition coefficient (Wildman–Crippen LogP) is 2.53. The minimum absolute atomic E-state index is 0.0168. The van der Waals surface area contributed by atoms with E-state index in [0.29, 0.717) is 17.1 Å². The summed E-state index contributed by atoms with van der Waals surface area (Å²) >= 11 is 0. The first-order chi connectivity index (χ1) is 12.8. The number of aromatic nitrogens is 3. The number of carbonyl (C=O) groups excluding carboxylic acids is 1. The Bertz CT molecular complexity index is 909. The van der Waals surface area contributed by atoms with Crippen LogP contribution in [0.2, 0.25) is 0 Å². The van der Waals surface area contributed by atoms with Crippen molar-refractivity contribution in [2.75, 3.05) is 5.32 Å². The van der Waals surface area contributed by atoms with Gasteiger partial charge in [-0.3, -0.25) is 14.8 Å². The van der Waals surface area contributed by atoms with Crippen LogP contribution in [-0.4, -0.2) is 26.9 Å². The molecule has 0 bridgehead atoms. The average molecular weight is 374 g/mol. The zero-order valence-corrected chi connectivity index (χ0v) is 14.5. The summed E-state index contributed by atoms with van der Waals surface area (Å²) in [4.78, 5) is 28.0. The molecule has 10 heteroatoms. The predicted molar refractivity (Wildman–Crippen MR) is 93.0 cm³/mol. The maximum atomic E-state index is 12.5. The summed E-state index contributed by atoms with van der Waals surface area (Å²) in [6, 6.07) is 3.22. The molecule has 0 aliphatic carbocycles. The van der Waals surface area contributed by atoms with E-state index in [4.69, 9.17) is 10.5 Å². The molecule has 8 nitrogen and oxygen atoms in total. The van der Waals surface area contributed by atoms with Crippen LogP contribution in [-0.2, 0) is 10.3 Å². The Morgan fingerprint density at radius 1 is 1.30 bits per heavy atom. The minimum Gasteiger partial charge on any atom is -0.431 e. The number of rotatable bonds is 4. The molecule has 1 aliphatic heterocycles. The number of hydrogen-bond donors (Lipinski definition) is 2. The van der Waals surface area contributed by atoms with Gasteiger partial charge < -0.3 is 15.8 Å². The van der Waals surface area contributed by atoms with Gasteiger partial charge in [-0.15, -0.1) is 0 Å². The Morgan fingerprint density at radius 3 is 2.70 bits per heavy atom. The van der Waals surface area contributed by atoms with Crippen molar-refractivity contribution in [1.82, 2.24) is 15.0 Å². The molecule has 0 radical (unpaired) electrons. The van der Waals surface area contributed by atoms with Crippen LogP contribution in [0.25, 0.3) is 0 Å². The Balaban J connectivity index is 1.82. The quantitative estimate of drug-likeness (QED) is 0.850. The molecule has 3 rings (SSSR count). The van der Waals surface area contributed by atoms with Crippen LogP contribution in [0.3, 0.4) is 0 Å². The van der Waals surface area contributed by atoms with E-state index in [1.165, 1.54) is 6.20 Å². The first kappa shape index (κ1) is 18.4. The largest absolute Gasteiger partial charge is 0.431 e. The number of aliphatic imine (C=N–C) groups is 1. The van der Waals surface area contributed by atoms with Gasteiger partial charge in [0.05, 0.1) is 18.1 Å². The van der Waals surface area contributed by atoms with Gasteiger partial charge in [-0.05, 0) is 32.1 Å². The van der Waals surface area contributed by atoms with Crippen LogP contribution in [0.4, 0.5) is 14.5 Å². The fraction of sp³-hybridized carbons (Fsp3) is 0.235. The van der Waals surface area contributed by atoms with Gasteiger partial charge in [0.2, 0.25) is 0 Å². The highest BCUT2D eigenvalue weighted by molar-refractivity contribution is 6.02. The maximum Gasteiger partial charge on any atom is 0.288 e. The van der Waals surface area contributed by atoms with Crippen LogP contribution in [0.15, 0.2) is 47.6 Å². The van der Waals surface area contributed by atoms with E-state index in [1.807, 2.05) is 0 Å². The summed E-state index contributed by atoms with van der Waals surface area (Å²) in [6.45, 7) is 3.54. The van der Waals surface area contributed by atoms with Crippen LogP contribution in [0.1, 0.15) is 42.1 Å². The third-order valence-corrected chi connectivity index (χ3v) is 3.76. The van der Waals surface area contributed by atoms with Gasteiger partial charge in [0, 0.05) is 11.9 Å². The van der Waals surface area contributed by atoms with Gasteiger partial charge in [0.15, 0.2) is 0 Å². The molecule has 0 fully saturated rings. The Kier molecular flexibility index (Phi) is 4.80. The summed E-state index contributed by atoms with van der Waals surface area (Å²) in [5.74, 6) is -0.0111. The molecule has 0 unspecified atom stereocenters. The number of amidine groups is 1. The van der Waals surface area contributed by atoms with Gasteiger partial charge in [-0.25, -0.2) is 18.8 Å². The van der Waals surface area contributed by atoms with E-state index in [9.17, 15) is 13.6 Å². The van der Waals surface area contributed by atoms with E-state index in [2.05, 4.69) is 25.3 Å². The highest BCUT2D eigenvalue weighted by Gasteiger charge is 2.30. The lowest BCUT2D eigenvalue weighted by molar-refractivity contribution is 0.102. The number of anilines is 1. The molecule has 0 saturated heterocycles. The Hall–Kier alpha value is -3.43. The lowest BCUT2D eigenvalue weighted by Crippen LogP contribution is -2.30. The lowest BCUT2D eigenvalue weighted by Gasteiger charge is -2.26. The molecule has 1 atom stereocenters. The molecule has 3 heterocycles. The molecule has 3 N–H and O–H groups in total. The number of hydrogen-bond acceptors (Lipinski definition) is 7. The maximum absolute atomic E-state index is 12.5. The molecule has 0 saturated carbocycles. The van der Waals surface area contributed by atoms with Crippen molar-refractivity contribution in [1.29, 1.82) is 0 Å². The summed E-state index contributed by atoms with van der Waals surface area (Å²) in [5.41, 5.74) is 5.21. The second kappa shape index (κ2) is 7.06. The van der Waals surface area contributed by atoms with Crippen molar-refractivity contribution in [2.24, 2.45) is 10.7 Å². The fourth-order valence-corrected chi connectivity index (χ4v) is 2.55. The standard InChI is InChI=1S/C17H16F2N6O2/c1-9-6-17(2,25-16(20)27-9)13-5-10(3-4-21-13)24-15(26)12-8-22-11(7-23-12)14(18)19/h3-8,14H,1-2H3,(H2,20,25)(H,21,24,26)/t17-/m0/s1. The molecule has 140 valence electrons. The lowest BCUT2D eigenvalue weighted by atomic mass is 9.96. The fourth-order valence-electron chi connectivity index (χ4n) is 2.55. The molecule has 2 aromatic rings. The summed E-state index contributed by atoms with van der Waals surface area (Å²) in [7, 11) is 0. The SMILES string of the molecule is CC1=C[C@@](C)(c2cc(NC(=O)c3cnc(C(F)F)cn3)ccn2)N=C(N)O1. The number of alkyl halides is 2. The monoisotopic (exact) mass is 374 g/mol. The average Bonchev–Trinajstić information content (AvgIpc) is 2.61. The molecule has 27 heavy (non-hydrogen) atoms. The van der Waals surface area contributed by atoms with E-state index < -0.39 is 23.6 Å². The number of allylic oxidation sites excluding steroid dienone is 1.